The predicted molar refractivity (Wildman–Crippen MR) is 66.4 cm³/mol. The molecule has 2 N–H and O–H groups in total. The molecule has 0 saturated carbocycles. The molecule has 92 valence electrons. The molecule has 4 nitrogen and oxygen atoms in total. The average molecular weight is 234 g/mol. The van der Waals surface area contributed by atoms with Gasteiger partial charge in [0.25, 0.3) is 0 Å². The molecule has 1 aromatic rings. The van der Waals surface area contributed by atoms with Crippen LogP contribution in [-0.2, 0) is 0 Å². The fourth-order valence-corrected chi connectivity index (χ4v) is 2.10. The zero-order valence-electron chi connectivity index (χ0n) is 10.1. The maximum absolute atomic E-state index is 12.0. The van der Waals surface area contributed by atoms with E-state index in [1.807, 2.05) is 18.2 Å². The molecule has 1 saturated heterocycles. The van der Waals surface area contributed by atoms with Gasteiger partial charge in [0, 0.05) is 24.7 Å². The number of hydrogen-bond donors (Lipinski definition) is 1. The molecular weight excluding hydrogens is 216 g/mol. The second kappa shape index (κ2) is 5.29. The van der Waals surface area contributed by atoms with Gasteiger partial charge in [0.05, 0.1) is 13.7 Å². The van der Waals surface area contributed by atoms with E-state index in [1.165, 1.54) is 0 Å². The van der Waals surface area contributed by atoms with Crippen molar-refractivity contribution < 1.29 is 9.53 Å². The number of likely N-dealkylation sites (tertiary alicyclic amines) is 1. The van der Waals surface area contributed by atoms with Crippen LogP contribution in [0.15, 0.2) is 24.3 Å². The van der Waals surface area contributed by atoms with Gasteiger partial charge in [0.2, 0.25) is 0 Å². The van der Waals surface area contributed by atoms with Crippen LogP contribution >= 0.6 is 0 Å². The quantitative estimate of drug-likeness (QED) is 0.787. The third kappa shape index (κ3) is 3.05. The maximum atomic E-state index is 12.0. The molecule has 0 aromatic heterocycles. The molecule has 2 rings (SSSR count). The monoisotopic (exact) mass is 234 g/mol. The van der Waals surface area contributed by atoms with Gasteiger partial charge in [-0.25, -0.2) is 0 Å². The zero-order valence-corrected chi connectivity index (χ0v) is 10.1. The average Bonchev–Trinajstić information content (AvgIpc) is 2.75. The van der Waals surface area contributed by atoms with E-state index in [0.717, 1.165) is 19.5 Å². The van der Waals surface area contributed by atoms with Crippen molar-refractivity contribution in [3.05, 3.63) is 29.8 Å². The first-order valence-corrected chi connectivity index (χ1v) is 5.84. The molecule has 4 heteroatoms. The van der Waals surface area contributed by atoms with Crippen LogP contribution in [0.4, 0.5) is 0 Å². The second-order valence-corrected chi connectivity index (χ2v) is 4.44. The highest BCUT2D eigenvalue weighted by molar-refractivity contribution is 5.97. The van der Waals surface area contributed by atoms with E-state index in [2.05, 4.69) is 4.90 Å². The summed E-state index contributed by atoms with van der Waals surface area (Å²) in [5, 5.41) is 0. The van der Waals surface area contributed by atoms with Crippen LogP contribution < -0.4 is 10.5 Å². The normalized spacial score (nSPS) is 20.5. The fourth-order valence-electron chi connectivity index (χ4n) is 2.10. The molecule has 1 atom stereocenters. The third-order valence-electron chi connectivity index (χ3n) is 3.07. The highest BCUT2D eigenvalue weighted by Crippen LogP contribution is 2.14. The molecule has 1 heterocycles. The number of Topliss-reactive ketones (excluding diaryl/α,β-unsaturated/α-hetero) is 1. The van der Waals surface area contributed by atoms with E-state index in [-0.39, 0.29) is 11.8 Å². The molecule has 1 fully saturated rings. The van der Waals surface area contributed by atoms with Gasteiger partial charge in [-0.05, 0) is 18.6 Å². The van der Waals surface area contributed by atoms with Gasteiger partial charge in [0.15, 0.2) is 5.78 Å². The summed E-state index contributed by atoms with van der Waals surface area (Å²) in [7, 11) is 1.60. The maximum Gasteiger partial charge on any atom is 0.176 e. The molecule has 1 aliphatic heterocycles. The predicted octanol–water partition coefficient (Wildman–Crippen LogP) is 0.911. The number of ketones is 1. The number of hydrogen-bond acceptors (Lipinski definition) is 4. The lowest BCUT2D eigenvalue weighted by molar-refractivity contribution is 0.0944. The zero-order chi connectivity index (χ0) is 12.3. The van der Waals surface area contributed by atoms with Gasteiger partial charge in [0.1, 0.15) is 5.75 Å². The highest BCUT2D eigenvalue weighted by atomic mass is 16.5. The molecule has 0 amide bonds. The van der Waals surface area contributed by atoms with Gasteiger partial charge in [-0.15, -0.1) is 0 Å². The number of rotatable bonds is 4. The smallest absolute Gasteiger partial charge is 0.176 e. The van der Waals surface area contributed by atoms with Crippen LogP contribution in [0.1, 0.15) is 16.8 Å². The molecule has 0 aliphatic carbocycles. The highest BCUT2D eigenvalue weighted by Gasteiger charge is 2.21. The van der Waals surface area contributed by atoms with Crippen molar-refractivity contribution >= 4 is 5.78 Å². The number of nitrogens with zero attached hydrogens (tertiary/aromatic N) is 1. The number of methoxy groups -OCH3 is 1. The Morgan fingerprint density at radius 1 is 1.59 bits per heavy atom. The Labute approximate surface area is 101 Å². The van der Waals surface area contributed by atoms with Crippen LogP contribution in [0.3, 0.4) is 0 Å². The van der Waals surface area contributed by atoms with E-state index in [4.69, 9.17) is 10.5 Å². The first-order chi connectivity index (χ1) is 8.19. The summed E-state index contributed by atoms with van der Waals surface area (Å²) in [6.07, 6.45) is 0.978. The van der Waals surface area contributed by atoms with Crippen LogP contribution in [0.2, 0.25) is 0 Å². The van der Waals surface area contributed by atoms with Gasteiger partial charge in [-0.1, -0.05) is 12.1 Å². The van der Waals surface area contributed by atoms with Crippen molar-refractivity contribution in [3.8, 4) is 5.75 Å². The number of carbonyl (C=O) groups is 1. The molecule has 0 unspecified atom stereocenters. The minimum absolute atomic E-state index is 0.123. The Hall–Kier alpha value is -1.39. The Bertz CT molecular complexity index is 406. The SMILES string of the molecule is COc1cccc(C(=O)CN2CC[C@H](N)C2)c1. The van der Waals surface area contributed by atoms with Crippen molar-refractivity contribution in [2.24, 2.45) is 5.73 Å². The third-order valence-corrected chi connectivity index (χ3v) is 3.07. The standard InChI is InChI=1S/C13H18N2O2/c1-17-12-4-2-3-10(7-12)13(16)9-15-6-5-11(14)8-15/h2-4,7,11H,5-6,8-9,14H2,1H3/t11-/m0/s1. The van der Waals surface area contributed by atoms with E-state index >= 15 is 0 Å². The summed E-state index contributed by atoms with van der Waals surface area (Å²) < 4.78 is 5.11. The van der Waals surface area contributed by atoms with Gasteiger partial charge < -0.3 is 10.5 Å². The summed E-state index contributed by atoms with van der Waals surface area (Å²) in [6, 6.07) is 7.48. The lowest BCUT2D eigenvalue weighted by Crippen LogP contribution is -2.31. The molecule has 0 radical (unpaired) electrons. The molecule has 0 bridgehead atoms. The lowest BCUT2D eigenvalue weighted by Gasteiger charge is -2.14. The number of benzene rings is 1. The van der Waals surface area contributed by atoms with Gasteiger partial charge in [-0.2, -0.15) is 0 Å². The first-order valence-electron chi connectivity index (χ1n) is 5.84. The Balaban J connectivity index is 1.99. The number of ether oxygens (including phenoxy) is 1. The topological polar surface area (TPSA) is 55.6 Å². The molecule has 0 spiro atoms. The summed E-state index contributed by atoms with van der Waals surface area (Å²) in [5.74, 6) is 0.840. The van der Waals surface area contributed by atoms with Crippen molar-refractivity contribution in [1.82, 2.24) is 4.90 Å². The van der Waals surface area contributed by atoms with Crippen molar-refractivity contribution in [1.29, 1.82) is 0 Å². The van der Waals surface area contributed by atoms with E-state index in [0.29, 0.717) is 17.9 Å². The number of nitrogens with two attached hydrogens (primary N) is 1. The molecular formula is C13H18N2O2. The summed E-state index contributed by atoms with van der Waals surface area (Å²) in [6.45, 7) is 2.17. The Kier molecular flexibility index (Phi) is 3.76. The minimum Gasteiger partial charge on any atom is -0.497 e. The Morgan fingerprint density at radius 3 is 3.06 bits per heavy atom. The summed E-state index contributed by atoms with van der Waals surface area (Å²) in [4.78, 5) is 14.1. The van der Waals surface area contributed by atoms with E-state index in [1.54, 1.807) is 13.2 Å². The van der Waals surface area contributed by atoms with Crippen LogP contribution in [0, 0.1) is 0 Å². The molecule has 1 aliphatic rings. The number of carbonyl (C=O) groups excluding carboxylic acids is 1. The molecule has 1 aromatic carbocycles. The van der Waals surface area contributed by atoms with Crippen LogP contribution in [0.25, 0.3) is 0 Å². The summed E-state index contributed by atoms with van der Waals surface area (Å²) >= 11 is 0. The van der Waals surface area contributed by atoms with Crippen molar-refractivity contribution in [2.75, 3.05) is 26.7 Å². The fraction of sp³-hybridized carbons (Fsp3) is 0.462. The second-order valence-electron chi connectivity index (χ2n) is 4.44. The van der Waals surface area contributed by atoms with E-state index in [9.17, 15) is 4.79 Å². The lowest BCUT2D eigenvalue weighted by atomic mass is 10.1. The van der Waals surface area contributed by atoms with E-state index < -0.39 is 0 Å². The van der Waals surface area contributed by atoms with Crippen LogP contribution in [-0.4, -0.2) is 43.5 Å². The van der Waals surface area contributed by atoms with Gasteiger partial charge >= 0.3 is 0 Å². The summed E-state index contributed by atoms with van der Waals surface area (Å²) in [5.41, 5.74) is 6.51. The van der Waals surface area contributed by atoms with Crippen LogP contribution in [0.5, 0.6) is 5.75 Å². The minimum atomic E-state index is 0.123. The van der Waals surface area contributed by atoms with Crippen molar-refractivity contribution in [3.63, 3.8) is 0 Å². The molecule has 17 heavy (non-hydrogen) atoms. The van der Waals surface area contributed by atoms with Crippen molar-refractivity contribution in [2.45, 2.75) is 12.5 Å². The Morgan fingerprint density at radius 2 is 2.41 bits per heavy atom. The van der Waals surface area contributed by atoms with Gasteiger partial charge in [-0.3, -0.25) is 9.69 Å². The first kappa shape index (κ1) is 12.1. The largest absolute Gasteiger partial charge is 0.497 e.